The number of ether oxygens (including phenoxy) is 1. The van der Waals surface area contributed by atoms with Gasteiger partial charge in [-0.25, -0.2) is 8.42 Å². The lowest BCUT2D eigenvalue weighted by atomic mass is 10.1. The van der Waals surface area contributed by atoms with Crippen molar-refractivity contribution in [3.8, 4) is 5.75 Å². The molecule has 2 rings (SSSR count). The summed E-state index contributed by atoms with van der Waals surface area (Å²) in [6.45, 7) is 3.18. The molecule has 0 fully saturated rings. The minimum Gasteiger partial charge on any atom is -0.497 e. The van der Waals surface area contributed by atoms with Crippen molar-refractivity contribution in [1.82, 2.24) is 10.6 Å². The van der Waals surface area contributed by atoms with E-state index in [9.17, 15) is 8.42 Å². The van der Waals surface area contributed by atoms with Gasteiger partial charge < -0.3 is 15.4 Å². The van der Waals surface area contributed by atoms with Gasteiger partial charge in [-0.2, -0.15) is 0 Å². The molecule has 0 aliphatic carbocycles. The SMILES string of the molecule is CN=C(NCCCc1cccc(OC)c1)NCc1ccc(S(C)(=O)=O)c(C)c1. The fourth-order valence-electron chi connectivity index (χ4n) is 2.97. The summed E-state index contributed by atoms with van der Waals surface area (Å²) in [7, 11) is 0.212. The molecular weight excluding hydrogens is 374 g/mol. The van der Waals surface area contributed by atoms with E-state index in [-0.39, 0.29) is 0 Å². The van der Waals surface area contributed by atoms with Crippen molar-refractivity contribution in [1.29, 1.82) is 0 Å². The molecule has 0 atom stereocenters. The maximum atomic E-state index is 11.7. The summed E-state index contributed by atoms with van der Waals surface area (Å²) in [5.41, 5.74) is 3.00. The number of nitrogens with zero attached hydrogens (tertiary/aromatic N) is 1. The smallest absolute Gasteiger partial charge is 0.191 e. The first kappa shape index (κ1) is 21.8. The molecule has 2 N–H and O–H groups in total. The highest BCUT2D eigenvalue weighted by molar-refractivity contribution is 7.90. The van der Waals surface area contributed by atoms with Crippen LogP contribution in [0.3, 0.4) is 0 Å². The molecule has 0 aromatic heterocycles. The lowest BCUT2D eigenvalue weighted by molar-refractivity contribution is 0.414. The number of sulfone groups is 1. The Balaban J connectivity index is 1.80. The molecule has 7 heteroatoms. The molecule has 0 saturated heterocycles. The molecule has 0 amide bonds. The van der Waals surface area contributed by atoms with Crippen LogP contribution in [0.2, 0.25) is 0 Å². The summed E-state index contributed by atoms with van der Waals surface area (Å²) in [5.74, 6) is 1.59. The van der Waals surface area contributed by atoms with Crippen molar-refractivity contribution in [3.63, 3.8) is 0 Å². The van der Waals surface area contributed by atoms with Crippen LogP contribution in [0.1, 0.15) is 23.1 Å². The lowest BCUT2D eigenvalue weighted by Crippen LogP contribution is -2.37. The zero-order chi connectivity index (χ0) is 20.6. The zero-order valence-corrected chi connectivity index (χ0v) is 17.8. The van der Waals surface area contributed by atoms with Crippen molar-refractivity contribution in [2.75, 3.05) is 27.0 Å². The lowest BCUT2D eigenvalue weighted by Gasteiger charge is -2.13. The van der Waals surface area contributed by atoms with E-state index in [1.807, 2.05) is 31.2 Å². The Labute approximate surface area is 168 Å². The van der Waals surface area contributed by atoms with E-state index in [0.29, 0.717) is 11.4 Å². The van der Waals surface area contributed by atoms with Crippen LogP contribution >= 0.6 is 0 Å². The van der Waals surface area contributed by atoms with E-state index in [4.69, 9.17) is 4.74 Å². The van der Waals surface area contributed by atoms with Crippen LogP contribution in [0.5, 0.6) is 5.75 Å². The molecule has 0 radical (unpaired) electrons. The highest BCUT2D eigenvalue weighted by atomic mass is 32.2. The van der Waals surface area contributed by atoms with Crippen molar-refractivity contribution in [3.05, 3.63) is 59.2 Å². The number of guanidine groups is 1. The van der Waals surface area contributed by atoms with E-state index in [1.165, 1.54) is 11.8 Å². The zero-order valence-electron chi connectivity index (χ0n) is 17.0. The van der Waals surface area contributed by atoms with Gasteiger partial charge in [-0.1, -0.05) is 24.3 Å². The molecule has 0 unspecified atom stereocenters. The van der Waals surface area contributed by atoms with Crippen molar-refractivity contribution >= 4 is 15.8 Å². The van der Waals surface area contributed by atoms with Gasteiger partial charge in [0.25, 0.3) is 0 Å². The number of rotatable bonds is 8. The largest absolute Gasteiger partial charge is 0.497 e. The Morgan fingerprint density at radius 3 is 2.54 bits per heavy atom. The number of methoxy groups -OCH3 is 1. The average molecular weight is 404 g/mol. The highest BCUT2D eigenvalue weighted by Gasteiger charge is 2.10. The van der Waals surface area contributed by atoms with E-state index in [1.54, 1.807) is 20.2 Å². The molecule has 2 aromatic carbocycles. The number of aryl methyl sites for hydroxylation is 2. The van der Waals surface area contributed by atoms with E-state index < -0.39 is 9.84 Å². The molecule has 0 aliphatic heterocycles. The van der Waals surface area contributed by atoms with Crippen LogP contribution in [0, 0.1) is 6.92 Å². The van der Waals surface area contributed by atoms with E-state index in [2.05, 4.69) is 27.8 Å². The van der Waals surface area contributed by atoms with Gasteiger partial charge in [-0.05, 0) is 54.7 Å². The fraction of sp³-hybridized carbons (Fsp3) is 0.381. The Bertz CT molecular complexity index is 924. The van der Waals surface area contributed by atoms with Crippen LogP contribution < -0.4 is 15.4 Å². The molecule has 6 nitrogen and oxygen atoms in total. The second-order valence-corrected chi connectivity index (χ2v) is 8.66. The fourth-order valence-corrected chi connectivity index (χ4v) is 3.93. The Kier molecular flexibility index (Phi) is 7.87. The molecule has 2 aromatic rings. The Morgan fingerprint density at radius 2 is 1.89 bits per heavy atom. The first-order valence-electron chi connectivity index (χ1n) is 9.20. The maximum absolute atomic E-state index is 11.7. The van der Waals surface area contributed by atoms with Gasteiger partial charge in [0.15, 0.2) is 15.8 Å². The number of benzene rings is 2. The number of hydrogen-bond donors (Lipinski definition) is 2. The van der Waals surface area contributed by atoms with Crippen LogP contribution in [-0.4, -0.2) is 41.3 Å². The first-order valence-corrected chi connectivity index (χ1v) is 11.1. The molecule has 0 spiro atoms. The summed E-state index contributed by atoms with van der Waals surface area (Å²) in [6.07, 6.45) is 3.15. The standard InChI is InChI=1S/C21H29N3O3S/c1-16-13-18(10-11-20(16)28(4,25)26)15-24-21(22-2)23-12-6-8-17-7-5-9-19(14-17)27-3/h5,7,9-11,13-14H,6,8,12,15H2,1-4H3,(H2,22,23,24). The number of nitrogens with one attached hydrogen (secondary N) is 2. The van der Waals surface area contributed by atoms with E-state index >= 15 is 0 Å². The van der Waals surface area contributed by atoms with Crippen LogP contribution in [-0.2, 0) is 22.8 Å². The van der Waals surface area contributed by atoms with Gasteiger partial charge in [-0.15, -0.1) is 0 Å². The molecule has 0 heterocycles. The summed E-state index contributed by atoms with van der Waals surface area (Å²) in [4.78, 5) is 4.60. The van der Waals surface area contributed by atoms with Gasteiger partial charge in [0.2, 0.25) is 0 Å². The minimum atomic E-state index is -3.19. The first-order chi connectivity index (χ1) is 13.3. The maximum Gasteiger partial charge on any atom is 0.191 e. The second kappa shape index (κ2) is 10.1. The monoisotopic (exact) mass is 403 g/mol. The minimum absolute atomic E-state index is 0.372. The average Bonchev–Trinajstić information content (AvgIpc) is 2.66. The third-order valence-corrected chi connectivity index (χ3v) is 5.65. The quantitative estimate of drug-likeness (QED) is 0.402. The molecule has 28 heavy (non-hydrogen) atoms. The molecule has 152 valence electrons. The number of aliphatic imine (C=N–C) groups is 1. The van der Waals surface area contributed by atoms with E-state index in [0.717, 1.165) is 42.2 Å². The normalized spacial score (nSPS) is 11.9. The van der Waals surface area contributed by atoms with Gasteiger partial charge in [0.1, 0.15) is 5.75 Å². The van der Waals surface area contributed by atoms with Crippen LogP contribution in [0.15, 0.2) is 52.4 Å². The Morgan fingerprint density at radius 1 is 1.11 bits per heavy atom. The van der Waals surface area contributed by atoms with Gasteiger partial charge in [0, 0.05) is 26.4 Å². The summed E-state index contributed by atoms with van der Waals surface area (Å²) in [6, 6.07) is 13.5. The predicted molar refractivity (Wildman–Crippen MR) is 114 cm³/mol. The predicted octanol–water partition coefficient (Wildman–Crippen LogP) is 2.70. The molecule has 0 bridgehead atoms. The molecule has 0 aliphatic rings. The van der Waals surface area contributed by atoms with Gasteiger partial charge in [-0.3, -0.25) is 4.99 Å². The van der Waals surface area contributed by atoms with Crippen molar-refractivity contribution in [2.24, 2.45) is 4.99 Å². The third kappa shape index (κ3) is 6.56. The van der Waals surface area contributed by atoms with Crippen molar-refractivity contribution in [2.45, 2.75) is 31.2 Å². The third-order valence-electron chi connectivity index (χ3n) is 4.39. The highest BCUT2D eigenvalue weighted by Crippen LogP contribution is 2.16. The summed E-state index contributed by atoms with van der Waals surface area (Å²) < 4.78 is 28.7. The molecule has 0 saturated carbocycles. The topological polar surface area (TPSA) is 79.8 Å². The van der Waals surface area contributed by atoms with Crippen molar-refractivity contribution < 1.29 is 13.2 Å². The number of hydrogen-bond acceptors (Lipinski definition) is 4. The van der Waals surface area contributed by atoms with Crippen LogP contribution in [0.25, 0.3) is 0 Å². The Hall–Kier alpha value is -2.54. The van der Waals surface area contributed by atoms with Crippen LogP contribution in [0.4, 0.5) is 0 Å². The summed E-state index contributed by atoms with van der Waals surface area (Å²) in [5, 5.41) is 6.56. The van der Waals surface area contributed by atoms with Gasteiger partial charge in [0.05, 0.1) is 12.0 Å². The summed E-state index contributed by atoms with van der Waals surface area (Å²) >= 11 is 0. The van der Waals surface area contributed by atoms with Gasteiger partial charge >= 0.3 is 0 Å². The second-order valence-electron chi connectivity index (χ2n) is 6.68. The molecular formula is C21H29N3O3S.